The summed E-state index contributed by atoms with van der Waals surface area (Å²) in [5.74, 6) is 0.406. The number of H-pyrrole nitrogens is 1. The average molecular weight is 374 g/mol. The monoisotopic (exact) mass is 373 g/mol. The number of aromatic nitrogens is 2. The molecule has 3 aromatic rings. The summed E-state index contributed by atoms with van der Waals surface area (Å²) in [6.45, 7) is 1.44. The van der Waals surface area contributed by atoms with E-state index in [9.17, 15) is 4.79 Å². The number of benzene rings is 1. The largest absolute Gasteiger partial charge is 0.346 e. The van der Waals surface area contributed by atoms with Gasteiger partial charge in [0.1, 0.15) is 5.65 Å². The maximum absolute atomic E-state index is 12.7. The molecule has 0 bridgehead atoms. The molecule has 0 radical (unpaired) electrons. The molecular weight excluding hydrogens is 357 g/mol. The van der Waals surface area contributed by atoms with Crippen molar-refractivity contribution in [1.82, 2.24) is 14.9 Å². The van der Waals surface area contributed by atoms with Crippen molar-refractivity contribution in [1.29, 1.82) is 0 Å². The van der Waals surface area contributed by atoms with E-state index in [2.05, 4.69) is 22.2 Å². The first-order valence-corrected chi connectivity index (χ1v) is 9.05. The summed E-state index contributed by atoms with van der Waals surface area (Å²) in [7, 11) is 0. The van der Waals surface area contributed by atoms with Gasteiger partial charge in [0.05, 0.1) is 10.6 Å². The number of fused-ring (bicyclic) bond motifs is 1. The normalized spacial score (nSPS) is 15.7. The Balaban J connectivity index is 1.49. The molecule has 25 heavy (non-hydrogen) atoms. The topological polar surface area (TPSA) is 49.0 Å². The quantitative estimate of drug-likeness (QED) is 0.694. The number of amides is 1. The van der Waals surface area contributed by atoms with Crippen molar-refractivity contribution < 1.29 is 4.79 Å². The summed E-state index contributed by atoms with van der Waals surface area (Å²) in [4.78, 5) is 22.2. The van der Waals surface area contributed by atoms with Gasteiger partial charge in [-0.25, -0.2) is 4.98 Å². The lowest BCUT2D eigenvalue weighted by molar-refractivity contribution is 0.0713. The molecule has 6 heteroatoms. The van der Waals surface area contributed by atoms with Crippen LogP contribution < -0.4 is 0 Å². The third kappa shape index (κ3) is 3.12. The number of hydrogen-bond acceptors (Lipinski definition) is 2. The van der Waals surface area contributed by atoms with Gasteiger partial charge in [-0.2, -0.15) is 0 Å². The standard InChI is InChI=1S/C19H17Cl2N3O/c20-13-3-4-15(17(21)10-13)19(25)24-8-5-12(6-9-24)16-11-23-18-14(16)2-1-7-22-18/h1-4,7,10-12H,5-6,8-9H2,(H,22,23). The molecule has 0 spiro atoms. The minimum atomic E-state index is -0.0271. The van der Waals surface area contributed by atoms with E-state index in [-0.39, 0.29) is 5.91 Å². The fourth-order valence-corrected chi connectivity index (χ4v) is 4.03. The van der Waals surface area contributed by atoms with E-state index in [0.29, 0.717) is 21.5 Å². The van der Waals surface area contributed by atoms with Gasteiger partial charge in [0.2, 0.25) is 0 Å². The summed E-state index contributed by atoms with van der Waals surface area (Å²) >= 11 is 12.1. The first kappa shape index (κ1) is 16.4. The molecule has 3 heterocycles. The molecule has 1 saturated heterocycles. The second-order valence-electron chi connectivity index (χ2n) is 6.33. The van der Waals surface area contributed by atoms with E-state index >= 15 is 0 Å². The summed E-state index contributed by atoms with van der Waals surface area (Å²) in [5.41, 5.74) is 2.73. The van der Waals surface area contributed by atoms with Gasteiger partial charge in [-0.15, -0.1) is 0 Å². The van der Waals surface area contributed by atoms with Crippen LogP contribution in [-0.2, 0) is 0 Å². The van der Waals surface area contributed by atoms with Crippen molar-refractivity contribution in [2.45, 2.75) is 18.8 Å². The summed E-state index contributed by atoms with van der Waals surface area (Å²) in [6.07, 6.45) is 5.70. The molecule has 1 aliphatic heterocycles. The minimum Gasteiger partial charge on any atom is -0.346 e. The van der Waals surface area contributed by atoms with Crippen molar-refractivity contribution >= 4 is 40.1 Å². The highest BCUT2D eigenvalue weighted by Crippen LogP contribution is 2.33. The number of likely N-dealkylation sites (tertiary alicyclic amines) is 1. The van der Waals surface area contributed by atoms with Crippen LogP contribution in [0.2, 0.25) is 10.0 Å². The van der Waals surface area contributed by atoms with Crippen molar-refractivity contribution in [2.24, 2.45) is 0 Å². The van der Waals surface area contributed by atoms with E-state index in [4.69, 9.17) is 23.2 Å². The van der Waals surface area contributed by atoms with Crippen molar-refractivity contribution in [3.63, 3.8) is 0 Å². The van der Waals surface area contributed by atoms with Gasteiger partial charge in [-0.1, -0.05) is 23.2 Å². The van der Waals surface area contributed by atoms with Gasteiger partial charge >= 0.3 is 0 Å². The lowest BCUT2D eigenvalue weighted by atomic mass is 9.89. The zero-order valence-corrected chi connectivity index (χ0v) is 15.0. The maximum atomic E-state index is 12.7. The van der Waals surface area contributed by atoms with Crippen LogP contribution in [0.5, 0.6) is 0 Å². The molecule has 1 aliphatic rings. The van der Waals surface area contributed by atoms with E-state index in [1.807, 2.05) is 11.0 Å². The summed E-state index contributed by atoms with van der Waals surface area (Å²) < 4.78 is 0. The van der Waals surface area contributed by atoms with Gasteiger partial charge in [0.25, 0.3) is 5.91 Å². The smallest absolute Gasteiger partial charge is 0.255 e. The highest BCUT2D eigenvalue weighted by Gasteiger charge is 2.27. The Bertz CT molecular complexity index is 929. The number of rotatable bonds is 2. The molecule has 0 aliphatic carbocycles. The molecule has 1 fully saturated rings. The Morgan fingerprint density at radius 2 is 2.00 bits per heavy atom. The first-order valence-electron chi connectivity index (χ1n) is 8.30. The molecule has 4 rings (SSSR count). The Labute approximate surface area is 155 Å². The summed E-state index contributed by atoms with van der Waals surface area (Å²) in [5, 5.41) is 2.11. The van der Waals surface area contributed by atoms with Gasteiger partial charge in [0, 0.05) is 35.9 Å². The molecule has 0 atom stereocenters. The molecule has 4 nitrogen and oxygen atoms in total. The first-order chi connectivity index (χ1) is 12.1. The lowest BCUT2D eigenvalue weighted by Crippen LogP contribution is -2.38. The number of aromatic amines is 1. The van der Waals surface area contributed by atoms with Crippen LogP contribution in [0.15, 0.2) is 42.7 Å². The number of piperidine rings is 1. The number of nitrogens with zero attached hydrogens (tertiary/aromatic N) is 2. The molecule has 1 N–H and O–H groups in total. The number of halogens is 2. The van der Waals surface area contributed by atoms with Crippen LogP contribution in [0, 0.1) is 0 Å². The highest BCUT2D eigenvalue weighted by molar-refractivity contribution is 6.36. The van der Waals surface area contributed by atoms with E-state index in [0.717, 1.165) is 31.6 Å². The Hall–Kier alpha value is -2.04. The molecule has 1 aromatic carbocycles. The van der Waals surface area contributed by atoms with Crippen LogP contribution in [0.4, 0.5) is 0 Å². The second kappa shape index (κ2) is 6.70. The third-order valence-corrected chi connectivity index (χ3v) is 5.41. The van der Waals surface area contributed by atoms with Gasteiger partial charge in [0.15, 0.2) is 0 Å². The molecule has 0 saturated carbocycles. The van der Waals surface area contributed by atoms with Crippen molar-refractivity contribution in [2.75, 3.05) is 13.1 Å². The maximum Gasteiger partial charge on any atom is 0.255 e. The molecule has 1 amide bonds. The lowest BCUT2D eigenvalue weighted by Gasteiger charge is -2.32. The zero-order valence-electron chi connectivity index (χ0n) is 13.5. The van der Waals surface area contributed by atoms with Gasteiger partial charge in [-0.05, 0) is 54.7 Å². The number of carbonyl (C=O) groups excluding carboxylic acids is 1. The van der Waals surface area contributed by atoms with Crippen molar-refractivity contribution in [3.8, 4) is 0 Å². The van der Waals surface area contributed by atoms with Crippen molar-refractivity contribution in [3.05, 3.63) is 63.9 Å². The molecule has 0 unspecified atom stereocenters. The van der Waals surface area contributed by atoms with Gasteiger partial charge in [-0.3, -0.25) is 4.79 Å². The Morgan fingerprint density at radius 3 is 2.76 bits per heavy atom. The predicted molar refractivity (Wildman–Crippen MR) is 100 cm³/mol. The zero-order chi connectivity index (χ0) is 17.4. The third-order valence-electron chi connectivity index (χ3n) is 4.87. The van der Waals surface area contributed by atoms with E-state index in [1.165, 1.54) is 10.9 Å². The number of hydrogen-bond donors (Lipinski definition) is 1. The van der Waals surface area contributed by atoms with Crippen LogP contribution in [0.1, 0.15) is 34.7 Å². The van der Waals surface area contributed by atoms with E-state index in [1.54, 1.807) is 24.4 Å². The van der Waals surface area contributed by atoms with E-state index < -0.39 is 0 Å². The molecule has 128 valence electrons. The number of carbonyl (C=O) groups is 1. The summed E-state index contributed by atoms with van der Waals surface area (Å²) in [6, 6.07) is 9.07. The number of pyridine rings is 1. The highest BCUT2D eigenvalue weighted by atomic mass is 35.5. The number of nitrogens with one attached hydrogen (secondary N) is 1. The van der Waals surface area contributed by atoms with Crippen LogP contribution in [0.3, 0.4) is 0 Å². The van der Waals surface area contributed by atoms with Gasteiger partial charge < -0.3 is 9.88 Å². The Kier molecular flexibility index (Phi) is 4.40. The van der Waals surface area contributed by atoms with Crippen LogP contribution in [-0.4, -0.2) is 33.9 Å². The van der Waals surface area contributed by atoms with Crippen LogP contribution in [0.25, 0.3) is 11.0 Å². The fourth-order valence-electron chi connectivity index (χ4n) is 3.54. The second-order valence-corrected chi connectivity index (χ2v) is 7.18. The van der Waals surface area contributed by atoms with Crippen LogP contribution >= 0.6 is 23.2 Å². The predicted octanol–water partition coefficient (Wildman–Crippen LogP) is 4.89. The SMILES string of the molecule is O=C(c1ccc(Cl)cc1Cl)N1CCC(c2c[nH]c3ncccc23)CC1. The Morgan fingerprint density at radius 1 is 1.20 bits per heavy atom. The molecule has 2 aromatic heterocycles. The fraction of sp³-hybridized carbons (Fsp3) is 0.263. The average Bonchev–Trinajstić information content (AvgIpc) is 3.05. The minimum absolute atomic E-state index is 0.0271. The molecular formula is C19H17Cl2N3O.